The van der Waals surface area contributed by atoms with Crippen LogP contribution in [0.1, 0.15) is 39.9 Å². The minimum absolute atomic E-state index is 0.295. The second-order valence-electron chi connectivity index (χ2n) is 13.6. The molecule has 1 fully saturated rings. The number of nitrogens with zero attached hydrogens (tertiary/aromatic N) is 6. The van der Waals surface area contributed by atoms with Crippen molar-refractivity contribution in [1.82, 2.24) is 29.3 Å². The van der Waals surface area contributed by atoms with Gasteiger partial charge in [0.2, 0.25) is 10.0 Å². The Morgan fingerprint density at radius 2 is 1.57 bits per heavy atom. The van der Waals surface area contributed by atoms with Crippen LogP contribution in [0.25, 0.3) is 11.3 Å². The lowest BCUT2D eigenvalue weighted by Gasteiger charge is -2.35. The molecule has 53 heavy (non-hydrogen) atoms. The highest BCUT2D eigenvalue weighted by Crippen LogP contribution is 2.33. The van der Waals surface area contributed by atoms with Gasteiger partial charge in [0, 0.05) is 111 Å². The molecule has 7 rings (SSSR count). The Balaban J connectivity index is 1.03. The minimum atomic E-state index is -3.36. The van der Waals surface area contributed by atoms with Gasteiger partial charge in [-0.25, -0.2) is 13.4 Å². The Morgan fingerprint density at radius 1 is 0.830 bits per heavy atom. The Hall–Kier alpha value is -4.21. The van der Waals surface area contributed by atoms with Crippen molar-refractivity contribution in [1.29, 1.82) is 0 Å². The van der Waals surface area contributed by atoms with Gasteiger partial charge in [-0.15, -0.1) is 0 Å². The third-order valence-electron chi connectivity index (χ3n) is 9.86. The Bertz CT molecular complexity index is 2190. The maximum absolute atomic E-state index is 12.6. The summed E-state index contributed by atoms with van der Waals surface area (Å²) in [5.74, 6) is 7.57. The molecule has 3 aromatic carbocycles. The smallest absolute Gasteiger partial charge is 0.211 e. The predicted molar refractivity (Wildman–Crippen MR) is 214 cm³/mol. The molecule has 9 nitrogen and oxygen atoms in total. The number of sulfonamides is 1. The van der Waals surface area contributed by atoms with Gasteiger partial charge >= 0.3 is 0 Å². The van der Waals surface area contributed by atoms with Gasteiger partial charge in [-0.1, -0.05) is 71.4 Å². The maximum Gasteiger partial charge on any atom is 0.211 e. The summed E-state index contributed by atoms with van der Waals surface area (Å²) in [6.45, 7) is 7.85. The van der Waals surface area contributed by atoms with E-state index in [9.17, 15) is 8.42 Å². The first-order valence-electron chi connectivity index (χ1n) is 18.0. The second kappa shape index (κ2) is 16.9. The van der Waals surface area contributed by atoms with Crippen molar-refractivity contribution in [3.05, 3.63) is 135 Å². The minimum Gasteiger partial charge on any atom is -0.354 e. The van der Waals surface area contributed by atoms with Gasteiger partial charge in [0.15, 0.2) is 0 Å². The lowest BCUT2D eigenvalue weighted by atomic mass is 10.0. The third kappa shape index (κ3) is 9.48. The molecule has 2 aliphatic rings. The fraction of sp³-hybridized carbons (Fsp3) is 0.317. The summed E-state index contributed by atoms with van der Waals surface area (Å²) in [6, 6.07) is 27.8. The van der Waals surface area contributed by atoms with Gasteiger partial charge in [-0.3, -0.25) is 9.58 Å². The van der Waals surface area contributed by atoms with E-state index in [4.69, 9.17) is 28.3 Å². The molecular weight excluding hydrogens is 725 g/mol. The Kier molecular flexibility index (Phi) is 11.8. The van der Waals surface area contributed by atoms with Crippen LogP contribution in [0.2, 0.25) is 10.0 Å². The highest BCUT2D eigenvalue weighted by Gasteiger charge is 2.30. The first-order valence-corrected chi connectivity index (χ1v) is 20.6. The molecule has 2 aromatic heterocycles. The molecule has 0 atom stereocenters. The van der Waals surface area contributed by atoms with Gasteiger partial charge < -0.3 is 10.2 Å². The van der Waals surface area contributed by atoms with Crippen LogP contribution in [0.5, 0.6) is 0 Å². The van der Waals surface area contributed by atoms with Crippen LogP contribution in [0.4, 0.5) is 5.82 Å². The van der Waals surface area contributed by atoms with Gasteiger partial charge in [0.05, 0.1) is 17.0 Å². The molecule has 1 N–H and O–H groups in total. The highest BCUT2D eigenvalue weighted by molar-refractivity contribution is 7.88. The summed E-state index contributed by atoms with van der Waals surface area (Å²) in [7, 11) is -3.36. The van der Waals surface area contributed by atoms with Crippen molar-refractivity contribution in [3.63, 3.8) is 0 Å². The molecule has 274 valence electrons. The highest BCUT2D eigenvalue weighted by atomic mass is 35.5. The first kappa shape index (κ1) is 37.1. The van der Waals surface area contributed by atoms with Crippen molar-refractivity contribution in [2.75, 3.05) is 50.4 Å². The molecule has 5 aromatic rings. The van der Waals surface area contributed by atoms with Gasteiger partial charge in [0.25, 0.3) is 0 Å². The largest absolute Gasteiger partial charge is 0.354 e. The second-order valence-corrected chi connectivity index (χ2v) is 16.4. The fourth-order valence-corrected chi connectivity index (χ4v) is 8.00. The predicted octanol–water partition coefficient (Wildman–Crippen LogP) is 6.47. The van der Waals surface area contributed by atoms with E-state index in [0.717, 1.165) is 103 Å². The van der Waals surface area contributed by atoms with Crippen LogP contribution in [-0.4, -0.2) is 77.9 Å². The van der Waals surface area contributed by atoms with E-state index >= 15 is 0 Å². The quantitative estimate of drug-likeness (QED) is 0.154. The zero-order valence-corrected chi connectivity index (χ0v) is 32.1. The van der Waals surface area contributed by atoms with Crippen molar-refractivity contribution in [3.8, 4) is 23.1 Å². The van der Waals surface area contributed by atoms with Crippen LogP contribution < -0.4 is 10.2 Å². The van der Waals surface area contributed by atoms with Crippen molar-refractivity contribution < 1.29 is 8.42 Å². The normalized spacial score (nSPS) is 15.2. The van der Waals surface area contributed by atoms with Crippen LogP contribution >= 0.6 is 23.2 Å². The number of piperazine rings is 1. The van der Waals surface area contributed by atoms with Gasteiger partial charge in [0.1, 0.15) is 5.82 Å². The molecule has 4 heterocycles. The zero-order chi connectivity index (χ0) is 36.8. The average molecular weight is 769 g/mol. The monoisotopic (exact) mass is 767 g/mol. The topological polar surface area (TPSA) is 86.6 Å². The van der Waals surface area contributed by atoms with Crippen molar-refractivity contribution >= 4 is 39.0 Å². The molecule has 0 bridgehead atoms. The lowest BCUT2D eigenvalue weighted by molar-refractivity contribution is 0.248. The zero-order valence-electron chi connectivity index (χ0n) is 29.8. The number of fused-ring (bicyclic) bond motifs is 1. The Labute approximate surface area is 322 Å². The molecule has 0 radical (unpaired) electrons. The lowest BCUT2D eigenvalue weighted by Crippen LogP contribution is -2.47. The number of nitrogens with one attached hydrogen (secondary N) is 1. The van der Waals surface area contributed by atoms with Crippen molar-refractivity contribution in [2.45, 2.75) is 39.0 Å². The van der Waals surface area contributed by atoms with Crippen LogP contribution in [0.3, 0.4) is 0 Å². The number of aromatic nitrogens is 3. The van der Waals surface area contributed by atoms with Crippen molar-refractivity contribution in [2.24, 2.45) is 0 Å². The van der Waals surface area contributed by atoms with Crippen LogP contribution in [0, 0.1) is 11.8 Å². The summed E-state index contributed by atoms with van der Waals surface area (Å²) in [4.78, 5) is 9.35. The number of anilines is 1. The number of halogens is 2. The standard InChI is InChI=1S/C41H43Cl2N7O2S/c1-53(51,52)49-22-18-39-37(30-49)41(46-50(39)21-4-20-47-23-25-48(26-24-47)40-5-2-3-19-45-40)35-14-17-38(43)34(27-35)13-10-31-6-8-32(9-7-31)28-44-29-33-11-15-36(42)16-12-33/h2-3,5-9,11-12,14-17,19,27,44H,4,18,20-26,28-30H2,1H3. The summed E-state index contributed by atoms with van der Waals surface area (Å²) in [6.07, 6.45) is 4.68. The van der Waals surface area contributed by atoms with E-state index in [2.05, 4.69) is 54.8 Å². The molecule has 0 saturated carbocycles. The molecule has 1 saturated heterocycles. The van der Waals surface area contributed by atoms with Gasteiger partial charge in [-0.05, 0) is 66.1 Å². The molecule has 0 spiro atoms. The van der Waals surface area contributed by atoms with E-state index in [1.807, 2.05) is 72.9 Å². The molecular formula is C41H43Cl2N7O2S. The molecule has 2 aliphatic heterocycles. The summed E-state index contributed by atoms with van der Waals surface area (Å²) in [5, 5.41) is 9.87. The SMILES string of the molecule is CS(=O)(=O)N1CCc2c(c(-c3ccc(Cl)c(C#Cc4ccc(CNCc5ccc(Cl)cc5)cc4)c3)nn2CCCN2CCN(c3ccccn3)CC2)C1. The number of pyridine rings is 1. The van der Waals surface area contributed by atoms with Gasteiger partial charge in [-0.2, -0.15) is 9.40 Å². The number of hydrogen-bond donors (Lipinski definition) is 1. The summed E-state index contributed by atoms with van der Waals surface area (Å²) >= 11 is 12.7. The van der Waals surface area contributed by atoms with E-state index in [0.29, 0.717) is 30.1 Å². The third-order valence-corrected chi connectivity index (χ3v) is 11.7. The molecule has 0 amide bonds. The van der Waals surface area contributed by atoms with Crippen LogP contribution in [0.15, 0.2) is 91.1 Å². The first-order chi connectivity index (χ1) is 25.7. The van der Waals surface area contributed by atoms with E-state index < -0.39 is 10.0 Å². The van der Waals surface area contributed by atoms with E-state index in [1.54, 1.807) is 4.31 Å². The maximum atomic E-state index is 12.6. The fourth-order valence-electron chi connectivity index (χ4n) is 6.92. The summed E-state index contributed by atoms with van der Waals surface area (Å²) in [5.41, 5.74) is 7.63. The number of aryl methyl sites for hydroxylation is 1. The summed E-state index contributed by atoms with van der Waals surface area (Å²) < 4.78 is 28.9. The molecule has 0 unspecified atom stereocenters. The molecule has 12 heteroatoms. The van der Waals surface area contributed by atoms with E-state index in [1.165, 1.54) is 11.8 Å². The van der Waals surface area contributed by atoms with Crippen LogP contribution in [-0.2, 0) is 42.6 Å². The average Bonchev–Trinajstić information content (AvgIpc) is 3.54. The number of hydrogen-bond acceptors (Lipinski definition) is 7. The number of benzene rings is 3. The Morgan fingerprint density at radius 3 is 2.26 bits per heavy atom. The number of rotatable bonds is 11. The van der Waals surface area contributed by atoms with E-state index in [-0.39, 0.29) is 0 Å². The molecule has 0 aliphatic carbocycles.